The highest BCUT2D eigenvalue weighted by Gasteiger charge is 2.42. The van der Waals surface area contributed by atoms with Gasteiger partial charge in [0.1, 0.15) is 6.54 Å². The Labute approximate surface area is 149 Å². The van der Waals surface area contributed by atoms with Gasteiger partial charge in [0, 0.05) is 24.8 Å². The van der Waals surface area contributed by atoms with E-state index in [-0.39, 0.29) is 12.1 Å². The molecule has 26 heavy (non-hydrogen) atoms. The van der Waals surface area contributed by atoms with E-state index in [1.165, 1.54) is 6.33 Å². The van der Waals surface area contributed by atoms with Crippen molar-refractivity contribution in [2.75, 3.05) is 26.2 Å². The molecule has 144 valence electrons. The molecule has 2 saturated heterocycles. The van der Waals surface area contributed by atoms with Gasteiger partial charge in [-0.15, -0.1) is 0 Å². The number of nitrogens with zero attached hydrogens (tertiary/aromatic N) is 4. The van der Waals surface area contributed by atoms with E-state index in [1.807, 2.05) is 4.90 Å². The van der Waals surface area contributed by atoms with Crippen LogP contribution >= 0.6 is 0 Å². The van der Waals surface area contributed by atoms with Crippen LogP contribution in [0.1, 0.15) is 24.8 Å². The van der Waals surface area contributed by atoms with Gasteiger partial charge >= 0.3 is 6.18 Å². The van der Waals surface area contributed by atoms with E-state index in [4.69, 9.17) is 0 Å². The maximum absolute atomic E-state index is 12.5. The predicted octanol–water partition coefficient (Wildman–Crippen LogP) is 1.43. The molecule has 0 saturated carbocycles. The average Bonchev–Trinajstić information content (AvgIpc) is 2.92. The molecule has 1 unspecified atom stereocenters. The van der Waals surface area contributed by atoms with Gasteiger partial charge in [-0.05, 0) is 45.2 Å². The molecule has 0 spiro atoms. The minimum absolute atomic E-state index is 0.0452. The van der Waals surface area contributed by atoms with Crippen LogP contribution < -0.4 is 5.56 Å². The zero-order chi connectivity index (χ0) is 18.9. The summed E-state index contributed by atoms with van der Waals surface area (Å²) in [6.45, 7) is 2.63. The third-order valence-electron chi connectivity index (χ3n) is 5.26. The first-order chi connectivity index (χ1) is 12.2. The number of piperidine rings is 1. The van der Waals surface area contributed by atoms with E-state index in [0.717, 1.165) is 17.7 Å². The normalized spacial score (nSPS) is 23.0. The topological polar surface area (TPSA) is 58.4 Å². The highest BCUT2D eigenvalue weighted by atomic mass is 19.4. The van der Waals surface area contributed by atoms with E-state index >= 15 is 0 Å². The standard InChI is InChI=1S/C17H23F3N4O2/c1-12-8-21-11-24(15(12)25)9-13-2-5-22(6-3-13)14-4-7-23(16(14)26)10-17(18,19)20/h8,11,13-14H,2-7,9-10H2,1H3. The Morgan fingerprint density at radius 2 is 1.85 bits per heavy atom. The van der Waals surface area contributed by atoms with Crippen molar-refractivity contribution in [1.82, 2.24) is 19.4 Å². The molecule has 1 aromatic rings. The minimum Gasteiger partial charge on any atom is -0.332 e. The molecule has 0 aliphatic carbocycles. The van der Waals surface area contributed by atoms with Crippen molar-refractivity contribution in [3.05, 3.63) is 28.4 Å². The number of hydrogen-bond acceptors (Lipinski definition) is 4. The monoisotopic (exact) mass is 372 g/mol. The van der Waals surface area contributed by atoms with Crippen molar-refractivity contribution in [3.8, 4) is 0 Å². The molecule has 0 bridgehead atoms. The predicted molar refractivity (Wildman–Crippen MR) is 88.6 cm³/mol. The number of hydrogen-bond donors (Lipinski definition) is 0. The number of amides is 1. The molecule has 3 heterocycles. The van der Waals surface area contributed by atoms with Crippen LogP contribution in [-0.4, -0.2) is 63.7 Å². The number of aromatic nitrogens is 2. The van der Waals surface area contributed by atoms with Gasteiger partial charge in [0.25, 0.3) is 5.56 Å². The third kappa shape index (κ3) is 4.25. The van der Waals surface area contributed by atoms with Gasteiger partial charge in [-0.3, -0.25) is 19.1 Å². The van der Waals surface area contributed by atoms with Crippen molar-refractivity contribution in [2.24, 2.45) is 5.92 Å². The van der Waals surface area contributed by atoms with Crippen LogP contribution in [0.3, 0.4) is 0 Å². The maximum Gasteiger partial charge on any atom is 0.406 e. The fraction of sp³-hybridized carbons (Fsp3) is 0.706. The van der Waals surface area contributed by atoms with Gasteiger partial charge < -0.3 is 4.90 Å². The second-order valence-electron chi connectivity index (χ2n) is 7.19. The van der Waals surface area contributed by atoms with Crippen molar-refractivity contribution in [1.29, 1.82) is 0 Å². The zero-order valence-corrected chi connectivity index (χ0v) is 14.7. The summed E-state index contributed by atoms with van der Waals surface area (Å²) in [4.78, 5) is 31.3. The molecule has 0 radical (unpaired) electrons. The van der Waals surface area contributed by atoms with Gasteiger partial charge in [-0.2, -0.15) is 13.2 Å². The second kappa shape index (κ2) is 7.38. The molecule has 1 atom stereocenters. The van der Waals surface area contributed by atoms with Crippen LogP contribution in [0.5, 0.6) is 0 Å². The van der Waals surface area contributed by atoms with Crippen molar-refractivity contribution >= 4 is 5.91 Å². The highest BCUT2D eigenvalue weighted by molar-refractivity contribution is 5.84. The zero-order valence-electron chi connectivity index (χ0n) is 14.7. The number of carbonyl (C=O) groups is 1. The van der Waals surface area contributed by atoms with Gasteiger partial charge in [0.15, 0.2) is 0 Å². The molecule has 1 amide bonds. The fourth-order valence-corrected chi connectivity index (χ4v) is 3.85. The Morgan fingerprint density at radius 1 is 1.15 bits per heavy atom. The number of likely N-dealkylation sites (tertiary alicyclic amines) is 2. The van der Waals surface area contributed by atoms with Crippen LogP contribution in [0.2, 0.25) is 0 Å². The summed E-state index contributed by atoms with van der Waals surface area (Å²) < 4.78 is 39.2. The van der Waals surface area contributed by atoms with E-state index in [9.17, 15) is 22.8 Å². The molecule has 9 heteroatoms. The minimum atomic E-state index is -4.35. The number of alkyl halides is 3. The van der Waals surface area contributed by atoms with Crippen LogP contribution in [-0.2, 0) is 11.3 Å². The van der Waals surface area contributed by atoms with E-state index in [2.05, 4.69) is 4.98 Å². The first-order valence-corrected chi connectivity index (χ1v) is 8.85. The van der Waals surface area contributed by atoms with Gasteiger partial charge in [-0.1, -0.05) is 0 Å². The van der Waals surface area contributed by atoms with E-state index < -0.39 is 24.7 Å². The Balaban J connectivity index is 1.53. The number of rotatable bonds is 4. The summed E-state index contributed by atoms with van der Waals surface area (Å²) in [5.41, 5.74) is 0.558. The smallest absolute Gasteiger partial charge is 0.332 e. The van der Waals surface area contributed by atoms with Crippen LogP contribution in [0.4, 0.5) is 13.2 Å². The molecule has 3 rings (SSSR count). The highest BCUT2D eigenvalue weighted by Crippen LogP contribution is 2.27. The molecule has 2 aliphatic heterocycles. The molecule has 1 aromatic heterocycles. The summed E-state index contributed by atoms with van der Waals surface area (Å²) >= 11 is 0. The quantitative estimate of drug-likeness (QED) is 0.802. The van der Waals surface area contributed by atoms with Crippen LogP contribution in [0.15, 0.2) is 17.3 Å². The molecule has 2 fully saturated rings. The van der Waals surface area contributed by atoms with E-state index in [1.54, 1.807) is 17.7 Å². The lowest BCUT2D eigenvalue weighted by Gasteiger charge is -2.35. The van der Waals surface area contributed by atoms with Crippen LogP contribution in [0, 0.1) is 12.8 Å². The van der Waals surface area contributed by atoms with Crippen molar-refractivity contribution < 1.29 is 18.0 Å². The lowest BCUT2D eigenvalue weighted by atomic mass is 9.95. The van der Waals surface area contributed by atoms with Crippen LogP contribution in [0.25, 0.3) is 0 Å². The van der Waals surface area contributed by atoms with E-state index in [0.29, 0.717) is 37.5 Å². The lowest BCUT2D eigenvalue weighted by Crippen LogP contribution is -2.47. The number of halogens is 3. The summed E-state index contributed by atoms with van der Waals surface area (Å²) in [6, 6.07) is -0.443. The first-order valence-electron chi connectivity index (χ1n) is 8.85. The third-order valence-corrected chi connectivity index (χ3v) is 5.26. The van der Waals surface area contributed by atoms with Gasteiger partial charge in [-0.25, -0.2) is 4.98 Å². The summed E-state index contributed by atoms with van der Waals surface area (Å²) in [5.74, 6) is -0.116. The summed E-state index contributed by atoms with van der Waals surface area (Å²) in [5, 5.41) is 0. The largest absolute Gasteiger partial charge is 0.406 e. The maximum atomic E-state index is 12.5. The Hall–Kier alpha value is -1.90. The molecular weight excluding hydrogens is 349 g/mol. The second-order valence-corrected chi connectivity index (χ2v) is 7.19. The van der Waals surface area contributed by atoms with Gasteiger partial charge in [0.2, 0.25) is 5.91 Å². The summed E-state index contributed by atoms with van der Waals surface area (Å²) in [6.07, 6.45) is 0.789. The van der Waals surface area contributed by atoms with Crippen molar-refractivity contribution in [3.63, 3.8) is 0 Å². The number of carbonyl (C=O) groups excluding carboxylic acids is 1. The molecule has 2 aliphatic rings. The first kappa shape index (κ1) is 18.9. The number of aryl methyl sites for hydroxylation is 1. The fourth-order valence-electron chi connectivity index (χ4n) is 3.85. The molecule has 6 nitrogen and oxygen atoms in total. The Bertz CT molecular complexity index is 711. The Morgan fingerprint density at radius 3 is 2.50 bits per heavy atom. The lowest BCUT2D eigenvalue weighted by molar-refractivity contribution is -0.159. The average molecular weight is 372 g/mol. The molecular formula is C17H23F3N4O2. The molecule has 0 N–H and O–H groups in total. The Kier molecular flexibility index (Phi) is 5.36. The SMILES string of the molecule is Cc1cncn(CC2CCN(C3CCN(CC(F)(F)F)C3=O)CC2)c1=O. The molecule has 0 aromatic carbocycles. The van der Waals surface area contributed by atoms with Crippen molar-refractivity contribution in [2.45, 2.75) is 44.9 Å². The summed E-state index contributed by atoms with van der Waals surface area (Å²) in [7, 11) is 0. The van der Waals surface area contributed by atoms with Gasteiger partial charge in [0.05, 0.1) is 12.4 Å².